The highest BCUT2D eigenvalue weighted by molar-refractivity contribution is 5.81. The molecule has 0 amide bonds. The molecule has 3 aromatic rings. The molecule has 1 aromatic heterocycles. The van der Waals surface area contributed by atoms with Crippen molar-refractivity contribution >= 4 is 11.0 Å². The van der Waals surface area contributed by atoms with Crippen LogP contribution in [0.5, 0.6) is 0 Å². The van der Waals surface area contributed by atoms with Crippen LogP contribution in [0.15, 0.2) is 42.7 Å². The number of aromatic nitrogens is 2. The Labute approximate surface area is 156 Å². The van der Waals surface area contributed by atoms with E-state index in [4.69, 9.17) is 0 Å². The standard InChI is InChI=1S/C23H29N3/c1-16-12-17(18-6-7-21-22(13-18)26-15-25-21)4-5-19(16)14-24-20-8-10-23(2,3)11-9-20/h4-7,12-13,15,20,24H,8-11,14H2,1-3H3,(H,25,26). The molecule has 0 aliphatic heterocycles. The molecule has 0 atom stereocenters. The van der Waals surface area contributed by atoms with Crippen molar-refractivity contribution in [3.8, 4) is 11.1 Å². The number of fused-ring (bicyclic) bond motifs is 1. The number of H-pyrrole nitrogens is 1. The minimum atomic E-state index is 0.533. The van der Waals surface area contributed by atoms with Gasteiger partial charge in [-0.2, -0.15) is 0 Å². The van der Waals surface area contributed by atoms with Gasteiger partial charge in [0.15, 0.2) is 0 Å². The van der Waals surface area contributed by atoms with E-state index in [1.165, 1.54) is 47.9 Å². The Morgan fingerprint density at radius 1 is 1.08 bits per heavy atom. The van der Waals surface area contributed by atoms with E-state index >= 15 is 0 Å². The van der Waals surface area contributed by atoms with Gasteiger partial charge in [-0.15, -0.1) is 0 Å². The van der Waals surface area contributed by atoms with Gasteiger partial charge in [0.2, 0.25) is 0 Å². The number of aryl methyl sites for hydroxylation is 1. The summed E-state index contributed by atoms with van der Waals surface area (Å²) in [6.07, 6.45) is 7.01. The fourth-order valence-electron chi connectivity index (χ4n) is 4.05. The van der Waals surface area contributed by atoms with E-state index in [9.17, 15) is 0 Å². The van der Waals surface area contributed by atoms with Crippen LogP contribution in [-0.4, -0.2) is 16.0 Å². The molecule has 3 nitrogen and oxygen atoms in total. The summed E-state index contributed by atoms with van der Waals surface area (Å²) in [5, 5.41) is 3.78. The quantitative estimate of drug-likeness (QED) is 0.645. The normalized spacial score (nSPS) is 17.7. The van der Waals surface area contributed by atoms with E-state index in [0.717, 1.165) is 17.6 Å². The summed E-state index contributed by atoms with van der Waals surface area (Å²) in [4.78, 5) is 7.50. The molecule has 0 radical (unpaired) electrons. The molecule has 0 bridgehead atoms. The predicted molar refractivity (Wildman–Crippen MR) is 109 cm³/mol. The second-order valence-corrected chi connectivity index (χ2v) is 8.60. The van der Waals surface area contributed by atoms with Gasteiger partial charge in [-0.1, -0.05) is 38.1 Å². The number of hydrogen-bond acceptors (Lipinski definition) is 2. The van der Waals surface area contributed by atoms with Crippen LogP contribution in [0.2, 0.25) is 0 Å². The van der Waals surface area contributed by atoms with E-state index in [2.05, 4.69) is 72.5 Å². The Hall–Kier alpha value is -2.13. The number of rotatable bonds is 4. The third kappa shape index (κ3) is 3.68. The van der Waals surface area contributed by atoms with Crippen molar-refractivity contribution < 1.29 is 0 Å². The maximum atomic E-state index is 4.30. The second kappa shape index (κ2) is 6.88. The highest BCUT2D eigenvalue weighted by Crippen LogP contribution is 2.35. The monoisotopic (exact) mass is 347 g/mol. The van der Waals surface area contributed by atoms with Crippen molar-refractivity contribution in [3.63, 3.8) is 0 Å². The minimum absolute atomic E-state index is 0.533. The third-order valence-electron chi connectivity index (χ3n) is 6.02. The molecule has 1 aliphatic carbocycles. The molecule has 1 heterocycles. The number of benzene rings is 2. The zero-order valence-electron chi connectivity index (χ0n) is 16.1. The molecule has 2 aromatic carbocycles. The lowest BCUT2D eigenvalue weighted by Crippen LogP contribution is -2.35. The number of nitrogens with one attached hydrogen (secondary N) is 2. The average Bonchev–Trinajstić information content (AvgIpc) is 3.09. The molecule has 1 saturated carbocycles. The summed E-state index contributed by atoms with van der Waals surface area (Å²) in [5.41, 5.74) is 7.90. The molecular formula is C23H29N3. The summed E-state index contributed by atoms with van der Waals surface area (Å²) >= 11 is 0. The van der Waals surface area contributed by atoms with Crippen molar-refractivity contribution in [1.29, 1.82) is 0 Å². The fraction of sp³-hybridized carbons (Fsp3) is 0.435. The Bertz CT molecular complexity index is 897. The summed E-state index contributed by atoms with van der Waals surface area (Å²) in [7, 11) is 0. The Morgan fingerprint density at radius 3 is 2.58 bits per heavy atom. The van der Waals surface area contributed by atoms with Crippen LogP contribution >= 0.6 is 0 Å². The van der Waals surface area contributed by atoms with Gasteiger partial charge >= 0.3 is 0 Å². The molecule has 1 fully saturated rings. The summed E-state index contributed by atoms with van der Waals surface area (Å²) < 4.78 is 0. The molecule has 26 heavy (non-hydrogen) atoms. The van der Waals surface area contributed by atoms with Crippen LogP contribution in [-0.2, 0) is 6.54 Å². The van der Waals surface area contributed by atoms with Crippen LogP contribution in [0.3, 0.4) is 0 Å². The molecular weight excluding hydrogens is 318 g/mol. The molecule has 136 valence electrons. The first-order chi connectivity index (χ1) is 12.5. The minimum Gasteiger partial charge on any atom is -0.345 e. The van der Waals surface area contributed by atoms with Crippen molar-refractivity contribution in [2.24, 2.45) is 5.41 Å². The fourth-order valence-corrected chi connectivity index (χ4v) is 4.05. The van der Waals surface area contributed by atoms with Crippen molar-refractivity contribution in [2.45, 2.75) is 59.0 Å². The van der Waals surface area contributed by atoms with E-state index in [0.29, 0.717) is 11.5 Å². The summed E-state index contributed by atoms with van der Waals surface area (Å²) in [5.74, 6) is 0. The highest BCUT2D eigenvalue weighted by Gasteiger charge is 2.26. The highest BCUT2D eigenvalue weighted by atomic mass is 14.9. The lowest BCUT2D eigenvalue weighted by Gasteiger charge is -2.34. The summed E-state index contributed by atoms with van der Waals surface area (Å²) in [6, 6.07) is 13.9. The van der Waals surface area contributed by atoms with E-state index < -0.39 is 0 Å². The molecule has 3 heteroatoms. The van der Waals surface area contributed by atoms with Gasteiger partial charge in [-0.25, -0.2) is 4.98 Å². The molecule has 0 spiro atoms. The van der Waals surface area contributed by atoms with E-state index in [1.807, 2.05) is 0 Å². The maximum absolute atomic E-state index is 4.30. The molecule has 0 unspecified atom stereocenters. The molecule has 4 rings (SSSR count). The van der Waals surface area contributed by atoms with Gasteiger partial charge in [-0.3, -0.25) is 0 Å². The van der Waals surface area contributed by atoms with Gasteiger partial charge in [0, 0.05) is 12.6 Å². The van der Waals surface area contributed by atoms with Crippen molar-refractivity contribution in [2.75, 3.05) is 0 Å². The van der Waals surface area contributed by atoms with Crippen LogP contribution < -0.4 is 5.32 Å². The maximum Gasteiger partial charge on any atom is 0.0931 e. The van der Waals surface area contributed by atoms with Gasteiger partial charge in [0.25, 0.3) is 0 Å². The molecule has 2 N–H and O–H groups in total. The Morgan fingerprint density at radius 2 is 1.81 bits per heavy atom. The topological polar surface area (TPSA) is 40.7 Å². The first kappa shape index (κ1) is 17.3. The van der Waals surface area contributed by atoms with Crippen molar-refractivity contribution in [3.05, 3.63) is 53.9 Å². The number of hydrogen-bond donors (Lipinski definition) is 2. The summed E-state index contributed by atoms with van der Waals surface area (Å²) in [6.45, 7) is 7.98. The second-order valence-electron chi connectivity index (χ2n) is 8.60. The van der Waals surface area contributed by atoms with Crippen LogP contribution in [0.4, 0.5) is 0 Å². The van der Waals surface area contributed by atoms with E-state index in [1.54, 1.807) is 6.33 Å². The Balaban J connectivity index is 1.44. The van der Waals surface area contributed by atoms with Crippen LogP contribution in [0, 0.1) is 12.3 Å². The number of nitrogens with zero attached hydrogens (tertiary/aromatic N) is 1. The van der Waals surface area contributed by atoms with E-state index in [-0.39, 0.29) is 0 Å². The largest absolute Gasteiger partial charge is 0.345 e. The van der Waals surface area contributed by atoms with Gasteiger partial charge in [-0.05, 0) is 72.4 Å². The van der Waals surface area contributed by atoms with Crippen molar-refractivity contribution in [1.82, 2.24) is 15.3 Å². The lowest BCUT2D eigenvalue weighted by molar-refractivity contribution is 0.206. The van der Waals surface area contributed by atoms with Gasteiger partial charge in [0.05, 0.1) is 17.4 Å². The lowest BCUT2D eigenvalue weighted by atomic mass is 9.75. The van der Waals surface area contributed by atoms with Crippen LogP contribution in [0.1, 0.15) is 50.7 Å². The number of aromatic amines is 1. The predicted octanol–water partition coefficient (Wildman–Crippen LogP) is 5.60. The zero-order valence-corrected chi connectivity index (χ0v) is 16.1. The average molecular weight is 348 g/mol. The third-order valence-corrected chi connectivity index (χ3v) is 6.02. The van der Waals surface area contributed by atoms with Crippen LogP contribution in [0.25, 0.3) is 22.2 Å². The van der Waals surface area contributed by atoms with Gasteiger partial charge in [0.1, 0.15) is 0 Å². The molecule has 1 aliphatic rings. The Kier molecular flexibility index (Phi) is 4.58. The zero-order chi connectivity index (χ0) is 18.1. The van der Waals surface area contributed by atoms with Gasteiger partial charge < -0.3 is 10.3 Å². The SMILES string of the molecule is Cc1cc(-c2ccc3nc[nH]c3c2)ccc1CNC1CCC(C)(C)CC1. The first-order valence-electron chi connectivity index (χ1n) is 9.77. The first-order valence-corrected chi connectivity index (χ1v) is 9.77. The molecule has 0 saturated heterocycles. The number of imidazole rings is 1. The smallest absolute Gasteiger partial charge is 0.0931 e.